The lowest BCUT2D eigenvalue weighted by Gasteiger charge is -2.13. The maximum Gasteiger partial charge on any atom is 0.161 e. The largest absolute Gasteiger partial charge is 1.00 e. The molecule has 0 saturated heterocycles. The van der Waals surface area contributed by atoms with Crippen LogP contribution in [0, 0.1) is 5.82 Å². The summed E-state index contributed by atoms with van der Waals surface area (Å²) in [5.41, 5.74) is 1.76. The Kier molecular flexibility index (Phi) is 7.98. The van der Waals surface area contributed by atoms with Gasteiger partial charge in [-0.05, 0) is 42.0 Å². The fraction of sp³-hybridized carbons (Fsp3) is 0.200. The van der Waals surface area contributed by atoms with Crippen molar-refractivity contribution in [1.29, 1.82) is 0 Å². The first kappa shape index (κ1) is 21.1. The van der Waals surface area contributed by atoms with E-state index in [4.69, 9.17) is 25.5 Å². The Balaban J connectivity index is 0.00000261. The molecule has 144 valence electrons. The number of halogens is 3. The van der Waals surface area contributed by atoms with Crippen molar-refractivity contribution in [3.8, 4) is 11.5 Å². The molecule has 7 heteroatoms. The van der Waals surface area contributed by atoms with Gasteiger partial charge in [-0.1, -0.05) is 23.7 Å². The maximum absolute atomic E-state index is 13.1. The molecule has 1 aromatic heterocycles. The van der Waals surface area contributed by atoms with Gasteiger partial charge in [0, 0.05) is 12.1 Å². The molecule has 0 radical (unpaired) electrons. The summed E-state index contributed by atoms with van der Waals surface area (Å²) < 4.78 is 29.6. The van der Waals surface area contributed by atoms with Crippen LogP contribution in [0.5, 0.6) is 11.5 Å². The predicted molar refractivity (Wildman–Crippen MR) is 98.0 cm³/mol. The Labute approximate surface area is 168 Å². The van der Waals surface area contributed by atoms with E-state index in [1.54, 1.807) is 19.4 Å². The van der Waals surface area contributed by atoms with E-state index in [2.05, 4.69) is 5.32 Å². The Morgan fingerprint density at radius 1 is 1.07 bits per heavy atom. The average Bonchev–Trinajstić information content (AvgIpc) is 3.15. The summed E-state index contributed by atoms with van der Waals surface area (Å²) in [6.07, 6.45) is 1.65. The van der Waals surface area contributed by atoms with Crippen molar-refractivity contribution in [2.75, 3.05) is 7.11 Å². The van der Waals surface area contributed by atoms with E-state index in [0.717, 1.165) is 11.3 Å². The zero-order chi connectivity index (χ0) is 18.4. The van der Waals surface area contributed by atoms with Crippen LogP contribution in [0.2, 0.25) is 5.02 Å². The number of methoxy groups -OCH3 is 1. The van der Waals surface area contributed by atoms with Gasteiger partial charge in [-0.25, -0.2) is 4.39 Å². The summed E-state index contributed by atoms with van der Waals surface area (Å²) in [4.78, 5) is 0. The van der Waals surface area contributed by atoms with Crippen LogP contribution in [-0.4, -0.2) is 7.11 Å². The molecule has 0 saturated carbocycles. The van der Waals surface area contributed by atoms with Gasteiger partial charge in [-0.15, -0.1) is 0 Å². The second-order valence-corrected chi connectivity index (χ2v) is 6.10. The van der Waals surface area contributed by atoms with E-state index in [1.807, 2.05) is 30.3 Å². The Morgan fingerprint density at radius 2 is 1.93 bits per heavy atom. The molecule has 0 aliphatic rings. The topological polar surface area (TPSA) is 43.6 Å². The smallest absolute Gasteiger partial charge is 0.161 e. The fourth-order valence-corrected chi connectivity index (χ4v) is 2.70. The molecule has 27 heavy (non-hydrogen) atoms. The molecule has 0 aliphatic carbocycles. The quantitative estimate of drug-likeness (QED) is 0.616. The Hall–Kier alpha value is -2.21. The highest BCUT2D eigenvalue weighted by Gasteiger charge is 2.08. The molecule has 0 unspecified atom stereocenters. The average molecular weight is 411 g/mol. The zero-order valence-electron chi connectivity index (χ0n) is 14.7. The molecule has 1 heterocycles. The molecule has 2 aromatic carbocycles. The van der Waals surface area contributed by atoms with Crippen LogP contribution in [0.1, 0.15) is 16.9 Å². The Morgan fingerprint density at radius 3 is 2.63 bits per heavy atom. The molecule has 0 atom stereocenters. The zero-order valence-corrected chi connectivity index (χ0v) is 16.2. The van der Waals surface area contributed by atoms with Gasteiger partial charge in [0.05, 0.1) is 24.9 Å². The lowest BCUT2D eigenvalue weighted by Crippen LogP contribution is -3.00. The van der Waals surface area contributed by atoms with Gasteiger partial charge < -0.3 is 31.6 Å². The molecular weight excluding hydrogens is 392 g/mol. The minimum Gasteiger partial charge on any atom is -1.00 e. The summed E-state index contributed by atoms with van der Waals surface area (Å²) >= 11 is 6.03. The number of furan rings is 1. The number of hydrogen-bond acceptors (Lipinski definition) is 4. The van der Waals surface area contributed by atoms with Gasteiger partial charge >= 0.3 is 0 Å². The standard InChI is InChI=1S/C20H19ClFNO3.ClH/c1-24-20-9-14(11-23-12-17-3-2-8-25-17)4-7-19(20)26-13-15-5-6-16(22)10-18(15)21;/h2-10,23H,11-13H2,1H3;1H/p-1. The minimum atomic E-state index is -0.372. The molecule has 0 fully saturated rings. The highest BCUT2D eigenvalue weighted by Crippen LogP contribution is 2.29. The van der Waals surface area contributed by atoms with E-state index >= 15 is 0 Å². The molecule has 3 aromatic rings. The van der Waals surface area contributed by atoms with Crippen LogP contribution in [-0.2, 0) is 19.7 Å². The minimum absolute atomic E-state index is 0. The lowest BCUT2D eigenvalue weighted by molar-refractivity contribution is -0.00000689. The van der Waals surface area contributed by atoms with E-state index in [9.17, 15) is 4.39 Å². The molecular formula is C20H19Cl2FNO3-. The summed E-state index contributed by atoms with van der Waals surface area (Å²) in [6.45, 7) is 1.54. The van der Waals surface area contributed by atoms with Crippen molar-refractivity contribution in [3.05, 3.63) is 82.5 Å². The molecule has 0 amide bonds. The molecule has 0 bridgehead atoms. The normalized spacial score (nSPS) is 10.3. The van der Waals surface area contributed by atoms with Crippen LogP contribution in [0.3, 0.4) is 0 Å². The van der Waals surface area contributed by atoms with Gasteiger partial charge in [0.2, 0.25) is 0 Å². The van der Waals surface area contributed by atoms with Crippen LogP contribution in [0.15, 0.2) is 59.2 Å². The van der Waals surface area contributed by atoms with Crippen LogP contribution < -0.4 is 27.2 Å². The van der Waals surface area contributed by atoms with Crippen LogP contribution >= 0.6 is 11.6 Å². The third-order valence-corrected chi connectivity index (χ3v) is 4.19. The summed E-state index contributed by atoms with van der Waals surface area (Å²) in [5.74, 6) is 1.74. The third kappa shape index (κ3) is 5.89. The second kappa shape index (κ2) is 10.2. The molecule has 0 spiro atoms. The van der Waals surface area contributed by atoms with Crippen molar-refractivity contribution in [1.82, 2.24) is 5.32 Å². The second-order valence-electron chi connectivity index (χ2n) is 5.69. The number of nitrogens with one attached hydrogen (secondary N) is 1. The van der Waals surface area contributed by atoms with E-state index in [-0.39, 0.29) is 24.8 Å². The highest BCUT2D eigenvalue weighted by molar-refractivity contribution is 6.31. The van der Waals surface area contributed by atoms with Crippen LogP contribution in [0.25, 0.3) is 0 Å². The molecule has 4 nitrogen and oxygen atoms in total. The molecule has 3 rings (SSSR count). The third-order valence-electron chi connectivity index (χ3n) is 3.83. The first-order valence-electron chi connectivity index (χ1n) is 8.12. The van der Waals surface area contributed by atoms with Crippen molar-refractivity contribution < 1.29 is 30.7 Å². The Bertz CT molecular complexity index is 856. The van der Waals surface area contributed by atoms with E-state index < -0.39 is 0 Å². The molecule has 1 N–H and O–H groups in total. The van der Waals surface area contributed by atoms with Crippen LogP contribution in [0.4, 0.5) is 4.39 Å². The number of hydrogen-bond donors (Lipinski definition) is 1. The van der Waals surface area contributed by atoms with Gasteiger partial charge in [0.25, 0.3) is 0 Å². The highest BCUT2D eigenvalue weighted by atomic mass is 35.5. The summed E-state index contributed by atoms with van der Waals surface area (Å²) in [5, 5.41) is 3.64. The van der Waals surface area contributed by atoms with Crippen molar-refractivity contribution in [2.45, 2.75) is 19.7 Å². The van der Waals surface area contributed by atoms with Gasteiger partial charge in [-0.2, -0.15) is 0 Å². The van der Waals surface area contributed by atoms with Gasteiger partial charge in [0.1, 0.15) is 18.2 Å². The SMILES string of the molecule is COc1cc(CNCc2ccco2)ccc1OCc1ccc(F)cc1Cl.[Cl-]. The lowest BCUT2D eigenvalue weighted by atomic mass is 10.2. The van der Waals surface area contributed by atoms with Crippen molar-refractivity contribution in [3.63, 3.8) is 0 Å². The van der Waals surface area contributed by atoms with Gasteiger partial charge in [-0.3, -0.25) is 0 Å². The number of ether oxygens (including phenoxy) is 2. The first-order chi connectivity index (χ1) is 12.7. The number of rotatable bonds is 8. The summed E-state index contributed by atoms with van der Waals surface area (Å²) in [7, 11) is 1.59. The summed E-state index contributed by atoms with van der Waals surface area (Å²) in [6, 6.07) is 13.7. The fourth-order valence-electron chi connectivity index (χ4n) is 2.48. The van der Waals surface area contributed by atoms with Crippen molar-refractivity contribution in [2.24, 2.45) is 0 Å². The number of benzene rings is 2. The first-order valence-corrected chi connectivity index (χ1v) is 8.50. The molecule has 0 aliphatic heterocycles. The van der Waals surface area contributed by atoms with Gasteiger partial charge in [0.15, 0.2) is 11.5 Å². The monoisotopic (exact) mass is 410 g/mol. The predicted octanol–water partition coefficient (Wildman–Crippen LogP) is 1.95. The van der Waals surface area contributed by atoms with E-state index in [0.29, 0.717) is 35.2 Å². The van der Waals surface area contributed by atoms with Crippen molar-refractivity contribution >= 4 is 11.6 Å². The maximum atomic E-state index is 13.1. The van der Waals surface area contributed by atoms with E-state index in [1.165, 1.54) is 12.1 Å².